The molecule has 0 saturated heterocycles. The van der Waals surface area contributed by atoms with Crippen LogP contribution < -0.4 is 5.73 Å². The predicted octanol–water partition coefficient (Wildman–Crippen LogP) is 4.70. The number of halogens is 3. The van der Waals surface area contributed by atoms with Crippen molar-refractivity contribution in [2.24, 2.45) is 5.92 Å². The van der Waals surface area contributed by atoms with Gasteiger partial charge in [0, 0.05) is 5.92 Å². The van der Waals surface area contributed by atoms with Gasteiger partial charge in [0.2, 0.25) is 5.88 Å². The van der Waals surface area contributed by atoms with Gasteiger partial charge in [-0.2, -0.15) is 13.2 Å². The second kappa shape index (κ2) is 5.42. The third-order valence-corrected chi connectivity index (χ3v) is 3.65. The molecule has 6 heteroatoms. The Morgan fingerprint density at radius 1 is 1.19 bits per heavy atom. The number of nitrogens with two attached hydrogens (primary N) is 1. The summed E-state index contributed by atoms with van der Waals surface area (Å²) in [6.45, 7) is 5.95. The summed E-state index contributed by atoms with van der Waals surface area (Å²) in [6.07, 6.45) is -4.40. The molecule has 0 radical (unpaired) electrons. The van der Waals surface area contributed by atoms with E-state index in [1.165, 1.54) is 6.07 Å². The Morgan fingerprint density at radius 2 is 1.86 bits per heavy atom. The largest absolute Gasteiger partial charge is 0.416 e. The summed E-state index contributed by atoms with van der Waals surface area (Å²) in [6, 6.07) is 5.03. The fourth-order valence-electron chi connectivity index (χ4n) is 2.08. The number of benzene rings is 1. The van der Waals surface area contributed by atoms with Crippen LogP contribution in [0.25, 0.3) is 11.1 Å². The van der Waals surface area contributed by atoms with Gasteiger partial charge in [-0.3, -0.25) is 0 Å². The summed E-state index contributed by atoms with van der Waals surface area (Å²) in [5.41, 5.74) is 6.44. The van der Waals surface area contributed by atoms with Crippen molar-refractivity contribution < 1.29 is 17.7 Å². The van der Waals surface area contributed by atoms with E-state index in [2.05, 4.69) is 5.16 Å². The van der Waals surface area contributed by atoms with Crippen molar-refractivity contribution in [3.63, 3.8) is 0 Å². The van der Waals surface area contributed by atoms with Crippen LogP contribution in [-0.2, 0) is 6.18 Å². The zero-order chi connectivity index (χ0) is 15.8. The maximum Gasteiger partial charge on any atom is 0.416 e. The van der Waals surface area contributed by atoms with E-state index in [1.54, 1.807) is 6.07 Å². The number of nitrogen functional groups attached to an aromatic ring is 1. The first-order chi connectivity index (χ1) is 9.71. The minimum atomic E-state index is -4.40. The van der Waals surface area contributed by atoms with E-state index < -0.39 is 11.7 Å². The highest BCUT2D eigenvalue weighted by atomic mass is 19.4. The molecule has 0 bridgehead atoms. The summed E-state index contributed by atoms with van der Waals surface area (Å²) in [5.74, 6) is 0.325. The molecule has 0 aliphatic carbocycles. The highest BCUT2D eigenvalue weighted by Gasteiger charge is 2.31. The first-order valence-electron chi connectivity index (χ1n) is 6.64. The molecule has 2 N–H and O–H groups in total. The molecule has 1 heterocycles. The van der Waals surface area contributed by atoms with Gasteiger partial charge in [0.25, 0.3) is 0 Å². The van der Waals surface area contributed by atoms with Crippen LogP contribution in [0.15, 0.2) is 28.8 Å². The third-order valence-electron chi connectivity index (χ3n) is 3.65. The second-order valence-electron chi connectivity index (χ2n) is 5.42. The van der Waals surface area contributed by atoms with Gasteiger partial charge < -0.3 is 10.3 Å². The van der Waals surface area contributed by atoms with Crippen LogP contribution in [0.5, 0.6) is 0 Å². The minimum Gasteiger partial charge on any atom is -0.367 e. The number of alkyl halides is 3. The molecule has 1 atom stereocenters. The molecule has 1 aromatic carbocycles. The molecule has 2 aromatic rings. The molecule has 21 heavy (non-hydrogen) atoms. The number of aromatic nitrogens is 1. The highest BCUT2D eigenvalue weighted by Crippen LogP contribution is 2.39. The zero-order valence-electron chi connectivity index (χ0n) is 12.0. The van der Waals surface area contributed by atoms with Crippen LogP contribution in [0.1, 0.15) is 37.9 Å². The van der Waals surface area contributed by atoms with Crippen molar-refractivity contribution in [1.29, 1.82) is 0 Å². The first-order valence-corrected chi connectivity index (χ1v) is 6.64. The summed E-state index contributed by atoms with van der Waals surface area (Å²) < 4.78 is 43.5. The lowest BCUT2D eigenvalue weighted by Gasteiger charge is -2.15. The Morgan fingerprint density at radius 3 is 2.43 bits per heavy atom. The van der Waals surface area contributed by atoms with E-state index in [0.717, 1.165) is 12.1 Å². The van der Waals surface area contributed by atoms with Crippen LogP contribution in [0.4, 0.5) is 19.1 Å². The van der Waals surface area contributed by atoms with Crippen LogP contribution in [0.3, 0.4) is 0 Å². The summed E-state index contributed by atoms with van der Waals surface area (Å²) >= 11 is 0. The Bertz CT molecular complexity index is 632. The van der Waals surface area contributed by atoms with E-state index >= 15 is 0 Å². The zero-order valence-corrected chi connectivity index (χ0v) is 12.0. The molecule has 1 aromatic heterocycles. The molecule has 1 unspecified atom stereocenters. The van der Waals surface area contributed by atoms with Crippen molar-refractivity contribution in [2.45, 2.75) is 32.9 Å². The van der Waals surface area contributed by atoms with E-state index in [0.29, 0.717) is 16.8 Å². The van der Waals surface area contributed by atoms with Crippen molar-refractivity contribution in [3.8, 4) is 11.1 Å². The molecule has 3 nitrogen and oxygen atoms in total. The number of rotatable bonds is 3. The van der Waals surface area contributed by atoms with Crippen molar-refractivity contribution in [1.82, 2.24) is 5.16 Å². The lowest BCUT2D eigenvalue weighted by Crippen LogP contribution is -2.06. The van der Waals surface area contributed by atoms with E-state index in [4.69, 9.17) is 10.3 Å². The lowest BCUT2D eigenvalue weighted by atomic mass is 9.89. The fourth-order valence-corrected chi connectivity index (χ4v) is 2.08. The van der Waals surface area contributed by atoms with Gasteiger partial charge in [0.05, 0.1) is 16.8 Å². The quantitative estimate of drug-likeness (QED) is 0.893. The monoisotopic (exact) mass is 298 g/mol. The van der Waals surface area contributed by atoms with Gasteiger partial charge in [0.15, 0.2) is 0 Å². The maximum absolute atomic E-state index is 12.8. The van der Waals surface area contributed by atoms with Gasteiger partial charge in [-0.05, 0) is 23.6 Å². The van der Waals surface area contributed by atoms with Crippen LogP contribution in [0.2, 0.25) is 0 Å². The number of hydrogen-bond acceptors (Lipinski definition) is 3. The van der Waals surface area contributed by atoms with Crippen LogP contribution >= 0.6 is 0 Å². The van der Waals surface area contributed by atoms with Gasteiger partial charge in [-0.15, -0.1) is 0 Å². The van der Waals surface area contributed by atoms with Crippen molar-refractivity contribution in [2.75, 3.05) is 5.73 Å². The van der Waals surface area contributed by atoms with Crippen LogP contribution in [-0.4, -0.2) is 5.16 Å². The third kappa shape index (κ3) is 3.04. The average Bonchev–Trinajstić information content (AvgIpc) is 2.78. The Balaban J connectivity index is 2.55. The summed E-state index contributed by atoms with van der Waals surface area (Å²) in [4.78, 5) is 0. The number of anilines is 1. The van der Waals surface area contributed by atoms with Crippen LogP contribution in [0, 0.1) is 5.92 Å². The van der Waals surface area contributed by atoms with Gasteiger partial charge >= 0.3 is 6.18 Å². The molecule has 2 rings (SSSR count). The molecule has 114 valence electrons. The second-order valence-corrected chi connectivity index (χ2v) is 5.42. The van der Waals surface area contributed by atoms with E-state index in [1.807, 2.05) is 20.8 Å². The van der Waals surface area contributed by atoms with E-state index in [9.17, 15) is 13.2 Å². The van der Waals surface area contributed by atoms with Gasteiger partial charge in [-0.25, -0.2) is 0 Å². The lowest BCUT2D eigenvalue weighted by molar-refractivity contribution is -0.137. The van der Waals surface area contributed by atoms with E-state index in [-0.39, 0.29) is 17.7 Å². The molecule has 0 fully saturated rings. The average molecular weight is 298 g/mol. The Hall–Kier alpha value is -1.98. The molecular weight excluding hydrogens is 281 g/mol. The fraction of sp³-hybridized carbons (Fsp3) is 0.400. The Kier molecular flexibility index (Phi) is 3.98. The number of hydrogen-bond donors (Lipinski definition) is 1. The Labute approximate surface area is 120 Å². The maximum atomic E-state index is 12.8. The van der Waals surface area contributed by atoms with Crippen molar-refractivity contribution >= 4 is 5.88 Å². The number of nitrogens with zero attached hydrogens (tertiary/aromatic N) is 1. The minimum absolute atomic E-state index is 0.0237. The standard InChI is InChI=1S/C15H17F3N2O/c1-8(2)9(3)13-12(14(19)21-20-13)10-5-4-6-11(7-10)15(16,17)18/h4-9H,19H2,1-3H3. The van der Waals surface area contributed by atoms with Gasteiger partial charge in [-0.1, -0.05) is 38.1 Å². The predicted molar refractivity (Wildman–Crippen MR) is 74.6 cm³/mol. The highest BCUT2D eigenvalue weighted by molar-refractivity contribution is 5.76. The normalized spacial score (nSPS) is 13.7. The topological polar surface area (TPSA) is 52.0 Å². The molecular formula is C15H17F3N2O. The molecule has 0 aliphatic heterocycles. The van der Waals surface area contributed by atoms with Gasteiger partial charge in [0.1, 0.15) is 0 Å². The first kappa shape index (κ1) is 15.4. The molecule has 0 aliphatic rings. The molecule has 0 saturated carbocycles. The van der Waals surface area contributed by atoms with Crippen molar-refractivity contribution in [3.05, 3.63) is 35.5 Å². The molecule has 0 spiro atoms. The smallest absolute Gasteiger partial charge is 0.367 e. The summed E-state index contributed by atoms with van der Waals surface area (Å²) in [7, 11) is 0. The summed E-state index contributed by atoms with van der Waals surface area (Å²) in [5, 5.41) is 3.92. The SMILES string of the molecule is CC(C)C(C)c1noc(N)c1-c1cccc(C(F)(F)F)c1. The molecule has 0 amide bonds.